The van der Waals surface area contributed by atoms with E-state index in [0.717, 1.165) is 24.4 Å². The van der Waals surface area contributed by atoms with Gasteiger partial charge in [0.15, 0.2) is 0 Å². The van der Waals surface area contributed by atoms with Crippen LogP contribution in [-0.4, -0.2) is 24.8 Å². The van der Waals surface area contributed by atoms with Gasteiger partial charge in [-0.15, -0.1) is 0 Å². The number of fused-ring (bicyclic) bond motifs is 2. The lowest BCUT2D eigenvalue weighted by atomic mass is 9.95. The Morgan fingerprint density at radius 2 is 2.07 bits per heavy atom. The normalized spacial score (nSPS) is 49.0. The molecule has 1 N–H and O–H groups in total. The van der Waals surface area contributed by atoms with Gasteiger partial charge in [0.05, 0.1) is 12.2 Å². The molecule has 0 radical (unpaired) electrons. The topological polar surface area (TPSA) is 21.3 Å². The maximum atomic E-state index is 5.84. The molecule has 0 aromatic rings. The number of hydrogen-bond acceptors (Lipinski definition) is 2. The van der Waals surface area contributed by atoms with Crippen molar-refractivity contribution in [1.82, 2.24) is 5.32 Å². The molecule has 2 bridgehead atoms. The van der Waals surface area contributed by atoms with Crippen LogP contribution in [0.4, 0.5) is 0 Å². The van der Waals surface area contributed by atoms with Crippen molar-refractivity contribution in [3.05, 3.63) is 0 Å². The van der Waals surface area contributed by atoms with Crippen molar-refractivity contribution < 1.29 is 4.74 Å². The molecule has 2 nitrogen and oxygen atoms in total. The number of rotatable bonds is 3. The maximum absolute atomic E-state index is 5.84. The van der Waals surface area contributed by atoms with Gasteiger partial charge in [-0.1, -0.05) is 6.42 Å². The summed E-state index contributed by atoms with van der Waals surface area (Å²) in [5, 5.41) is 3.75. The van der Waals surface area contributed by atoms with Crippen LogP contribution in [0.1, 0.15) is 45.4 Å². The van der Waals surface area contributed by atoms with Gasteiger partial charge in [0.2, 0.25) is 0 Å². The van der Waals surface area contributed by atoms with Crippen LogP contribution in [0.15, 0.2) is 0 Å². The van der Waals surface area contributed by atoms with Crippen LogP contribution >= 0.6 is 0 Å². The highest BCUT2D eigenvalue weighted by Gasteiger charge is 2.39. The van der Waals surface area contributed by atoms with E-state index in [4.69, 9.17) is 4.74 Å². The highest BCUT2D eigenvalue weighted by atomic mass is 16.5. The fraction of sp³-hybridized carbons (Fsp3) is 1.00. The van der Waals surface area contributed by atoms with Crippen molar-refractivity contribution in [3.8, 4) is 0 Å². The van der Waals surface area contributed by atoms with Crippen molar-refractivity contribution in [2.75, 3.05) is 6.54 Å². The minimum atomic E-state index is 0.497. The summed E-state index contributed by atoms with van der Waals surface area (Å²) < 4.78 is 5.84. The van der Waals surface area contributed by atoms with Crippen molar-refractivity contribution in [2.45, 2.75) is 63.7 Å². The summed E-state index contributed by atoms with van der Waals surface area (Å²) in [6.45, 7) is 3.29. The summed E-state index contributed by atoms with van der Waals surface area (Å²) in [7, 11) is 0. The monoisotopic (exact) mass is 209 g/mol. The molecule has 5 atom stereocenters. The van der Waals surface area contributed by atoms with E-state index in [-0.39, 0.29) is 0 Å². The van der Waals surface area contributed by atoms with E-state index in [2.05, 4.69) is 12.2 Å². The lowest BCUT2D eigenvalue weighted by molar-refractivity contribution is 0.0530. The van der Waals surface area contributed by atoms with E-state index in [1.807, 2.05) is 0 Å². The minimum absolute atomic E-state index is 0.497. The molecule has 3 rings (SSSR count). The maximum Gasteiger partial charge on any atom is 0.0704 e. The molecule has 2 heteroatoms. The fourth-order valence-corrected chi connectivity index (χ4v) is 3.81. The molecule has 2 saturated carbocycles. The van der Waals surface area contributed by atoms with Gasteiger partial charge in [0.1, 0.15) is 0 Å². The molecule has 0 spiro atoms. The predicted octanol–water partition coefficient (Wildman–Crippen LogP) is 2.33. The van der Waals surface area contributed by atoms with Gasteiger partial charge in [0, 0.05) is 12.6 Å². The summed E-state index contributed by atoms with van der Waals surface area (Å²) in [5.74, 6) is 2.05. The average molecular weight is 209 g/mol. The van der Waals surface area contributed by atoms with Gasteiger partial charge in [-0.2, -0.15) is 0 Å². The highest BCUT2D eigenvalue weighted by molar-refractivity contribution is 4.94. The zero-order chi connectivity index (χ0) is 10.3. The Kier molecular flexibility index (Phi) is 2.73. The molecular weight excluding hydrogens is 186 g/mol. The molecule has 3 aliphatic rings. The van der Waals surface area contributed by atoms with E-state index >= 15 is 0 Å². The van der Waals surface area contributed by atoms with Gasteiger partial charge < -0.3 is 10.1 Å². The van der Waals surface area contributed by atoms with Gasteiger partial charge >= 0.3 is 0 Å². The third kappa shape index (κ3) is 2.07. The Labute approximate surface area is 92.8 Å². The van der Waals surface area contributed by atoms with Crippen LogP contribution < -0.4 is 5.32 Å². The fourth-order valence-electron chi connectivity index (χ4n) is 3.81. The second-order valence-electron chi connectivity index (χ2n) is 5.84. The zero-order valence-electron chi connectivity index (χ0n) is 9.74. The largest absolute Gasteiger partial charge is 0.374 e. The average Bonchev–Trinajstić information content (AvgIpc) is 2.90. The molecule has 1 heterocycles. The van der Waals surface area contributed by atoms with Crippen molar-refractivity contribution >= 4 is 0 Å². The second-order valence-corrected chi connectivity index (χ2v) is 5.84. The van der Waals surface area contributed by atoms with E-state index in [0.29, 0.717) is 12.2 Å². The van der Waals surface area contributed by atoms with Gasteiger partial charge in [0.25, 0.3) is 0 Å². The van der Waals surface area contributed by atoms with Crippen LogP contribution in [0.5, 0.6) is 0 Å². The number of hydrogen-bond donors (Lipinski definition) is 1. The van der Waals surface area contributed by atoms with Crippen molar-refractivity contribution in [2.24, 2.45) is 11.8 Å². The van der Waals surface area contributed by atoms with Crippen LogP contribution in [0, 0.1) is 11.8 Å². The van der Waals surface area contributed by atoms with E-state index < -0.39 is 0 Å². The summed E-state index contributed by atoms with van der Waals surface area (Å²) in [6, 6.07) is 0.822. The number of ether oxygens (including phenoxy) is 1. The van der Waals surface area contributed by atoms with Crippen LogP contribution in [0.25, 0.3) is 0 Å². The molecule has 1 aliphatic heterocycles. The molecule has 2 aliphatic carbocycles. The first-order chi connectivity index (χ1) is 7.31. The Bertz CT molecular complexity index is 231. The highest BCUT2D eigenvalue weighted by Crippen LogP contribution is 2.44. The van der Waals surface area contributed by atoms with Crippen molar-refractivity contribution in [3.63, 3.8) is 0 Å². The Morgan fingerprint density at radius 1 is 1.13 bits per heavy atom. The SMILES string of the molecule is CC1CCC(CNC2CC3CCC2C3)O1. The van der Waals surface area contributed by atoms with Gasteiger partial charge in [-0.25, -0.2) is 0 Å². The first-order valence-corrected chi connectivity index (χ1v) is 6.70. The second kappa shape index (κ2) is 4.06. The van der Waals surface area contributed by atoms with Gasteiger partial charge in [-0.3, -0.25) is 0 Å². The lowest BCUT2D eigenvalue weighted by Crippen LogP contribution is -2.38. The molecule has 3 fully saturated rings. The van der Waals surface area contributed by atoms with Crippen LogP contribution in [0.2, 0.25) is 0 Å². The Morgan fingerprint density at radius 3 is 2.67 bits per heavy atom. The van der Waals surface area contributed by atoms with Crippen LogP contribution in [-0.2, 0) is 4.74 Å². The lowest BCUT2D eigenvalue weighted by Gasteiger charge is -2.24. The molecule has 15 heavy (non-hydrogen) atoms. The smallest absolute Gasteiger partial charge is 0.0704 e. The summed E-state index contributed by atoms with van der Waals surface area (Å²) in [4.78, 5) is 0. The zero-order valence-corrected chi connectivity index (χ0v) is 9.74. The Hall–Kier alpha value is -0.0800. The number of nitrogens with one attached hydrogen (secondary N) is 1. The first kappa shape index (κ1) is 10.1. The Balaban J connectivity index is 1.43. The van der Waals surface area contributed by atoms with E-state index in [9.17, 15) is 0 Å². The molecule has 0 aromatic carbocycles. The molecule has 86 valence electrons. The molecule has 0 amide bonds. The third-order valence-corrected chi connectivity index (χ3v) is 4.67. The predicted molar refractivity (Wildman–Crippen MR) is 60.8 cm³/mol. The van der Waals surface area contributed by atoms with E-state index in [1.165, 1.54) is 38.5 Å². The molecule has 1 saturated heterocycles. The molecular formula is C13H23NO. The minimum Gasteiger partial charge on any atom is -0.374 e. The molecule has 0 aromatic heterocycles. The summed E-state index contributed by atoms with van der Waals surface area (Å²) in [5.41, 5.74) is 0. The summed E-state index contributed by atoms with van der Waals surface area (Å²) in [6.07, 6.45) is 9.42. The van der Waals surface area contributed by atoms with Crippen LogP contribution in [0.3, 0.4) is 0 Å². The molecule has 5 unspecified atom stereocenters. The van der Waals surface area contributed by atoms with E-state index in [1.54, 1.807) is 0 Å². The van der Waals surface area contributed by atoms with Crippen molar-refractivity contribution in [1.29, 1.82) is 0 Å². The summed E-state index contributed by atoms with van der Waals surface area (Å²) >= 11 is 0. The quantitative estimate of drug-likeness (QED) is 0.770. The first-order valence-electron chi connectivity index (χ1n) is 6.70. The third-order valence-electron chi connectivity index (χ3n) is 4.67. The van der Waals surface area contributed by atoms with Gasteiger partial charge in [-0.05, 0) is 50.9 Å². The standard InChI is InChI=1S/C13H23NO/c1-9-2-5-12(15-9)8-14-13-7-10-3-4-11(13)6-10/h9-14H,2-8H2,1H3.